The number of carbonyl (C=O) groups excluding carboxylic acids is 1. The Bertz CT molecular complexity index is 1580. The van der Waals surface area contributed by atoms with Crippen molar-refractivity contribution in [1.29, 1.82) is 5.26 Å². The molecule has 1 saturated heterocycles. The normalized spacial score (nSPS) is 13.6. The van der Waals surface area contributed by atoms with E-state index in [9.17, 15) is 19.6 Å². The van der Waals surface area contributed by atoms with Crippen LogP contribution in [0.15, 0.2) is 27.9 Å². The molecule has 10 nitrogen and oxygen atoms in total. The molecule has 260 valence electrons. The molecule has 0 radical (unpaired) electrons. The van der Waals surface area contributed by atoms with Crippen molar-refractivity contribution in [2.45, 2.75) is 97.4 Å². The van der Waals surface area contributed by atoms with E-state index in [0.29, 0.717) is 63.7 Å². The SMILES string of the molecule is CCCCn1c(NCCc2ccc(OC)c(OC)c2)c(/C=C2/SC(=S)N(CCCCCCCCCCC(=O)O)C2=O)c(C)c(C#N)c1=O. The van der Waals surface area contributed by atoms with E-state index in [-0.39, 0.29) is 23.5 Å². The smallest absolute Gasteiger partial charge is 0.303 e. The molecule has 1 aliphatic heterocycles. The summed E-state index contributed by atoms with van der Waals surface area (Å²) in [5, 5.41) is 22.2. The highest BCUT2D eigenvalue weighted by molar-refractivity contribution is 8.26. The summed E-state index contributed by atoms with van der Waals surface area (Å²) in [4.78, 5) is 39.8. The van der Waals surface area contributed by atoms with Gasteiger partial charge in [-0.3, -0.25) is 23.9 Å². The van der Waals surface area contributed by atoms with E-state index in [1.807, 2.05) is 25.1 Å². The average Bonchev–Trinajstić information content (AvgIpc) is 3.34. The minimum atomic E-state index is -0.738. The Hall–Kier alpha value is -3.82. The van der Waals surface area contributed by atoms with E-state index in [2.05, 4.69) is 11.4 Å². The van der Waals surface area contributed by atoms with Crippen molar-refractivity contribution in [3.63, 3.8) is 0 Å². The van der Waals surface area contributed by atoms with E-state index < -0.39 is 5.97 Å². The number of methoxy groups -OCH3 is 2. The predicted octanol–water partition coefficient (Wildman–Crippen LogP) is 7.30. The van der Waals surface area contributed by atoms with Crippen molar-refractivity contribution in [3.8, 4) is 17.6 Å². The van der Waals surface area contributed by atoms with Gasteiger partial charge in [-0.25, -0.2) is 0 Å². The number of nitriles is 1. The van der Waals surface area contributed by atoms with Gasteiger partial charge >= 0.3 is 5.97 Å². The second-order valence-corrected chi connectivity index (χ2v) is 13.5. The van der Waals surface area contributed by atoms with Crippen molar-refractivity contribution in [1.82, 2.24) is 9.47 Å². The Kier molecular flexibility index (Phi) is 16.0. The molecule has 1 aliphatic rings. The number of hydrogen-bond acceptors (Lipinski definition) is 9. The van der Waals surface area contributed by atoms with Crippen LogP contribution >= 0.6 is 24.0 Å². The number of carbonyl (C=O) groups is 2. The molecule has 0 spiro atoms. The standard InChI is InChI=1S/C36H48N4O6S2/c1-5-6-20-39-33(38-19-18-26-16-17-29(45-3)30(22-26)46-4)27(25(2)28(24-37)34(39)43)23-31-35(44)40(36(47)48-31)21-14-12-10-8-7-9-11-13-15-32(41)42/h16-17,22-23,38H,5-15,18-21H2,1-4H3,(H,41,42)/b31-23+. The first kappa shape index (κ1) is 38.6. The van der Waals surface area contributed by atoms with Crippen molar-refractivity contribution in [2.24, 2.45) is 0 Å². The van der Waals surface area contributed by atoms with Gasteiger partial charge in [0.1, 0.15) is 21.8 Å². The van der Waals surface area contributed by atoms with E-state index in [1.165, 1.54) is 11.8 Å². The Morgan fingerprint density at radius 1 is 1.02 bits per heavy atom. The van der Waals surface area contributed by atoms with E-state index >= 15 is 0 Å². The third-order valence-corrected chi connectivity index (χ3v) is 9.81. The number of thiocarbonyl (C=S) groups is 1. The van der Waals surface area contributed by atoms with E-state index in [1.54, 1.807) is 36.7 Å². The van der Waals surface area contributed by atoms with Crippen molar-refractivity contribution in [2.75, 3.05) is 32.6 Å². The number of aliphatic carboxylic acids is 1. The number of rotatable bonds is 21. The molecular formula is C36H48N4O6S2. The summed E-state index contributed by atoms with van der Waals surface area (Å²) in [7, 11) is 3.19. The van der Waals surface area contributed by atoms with Crippen molar-refractivity contribution < 1.29 is 24.2 Å². The van der Waals surface area contributed by atoms with Crippen LogP contribution < -0.4 is 20.3 Å². The lowest BCUT2D eigenvalue weighted by Crippen LogP contribution is -2.29. The van der Waals surface area contributed by atoms with Gasteiger partial charge in [0.05, 0.1) is 19.1 Å². The largest absolute Gasteiger partial charge is 0.493 e. The molecule has 2 N–H and O–H groups in total. The minimum absolute atomic E-state index is 0.0696. The Morgan fingerprint density at radius 2 is 1.69 bits per heavy atom. The summed E-state index contributed by atoms with van der Waals surface area (Å²) in [6.07, 6.45) is 12.0. The zero-order valence-electron chi connectivity index (χ0n) is 28.6. The van der Waals surface area contributed by atoms with Crippen LogP contribution in [0.3, 0.4) is 0 Å². The monoisotopic (exact) mass is 696 g/mol. The van der Waals surface area contributed by atoms with Crippen LogP contribution in [0.4, 0.5) is 5.82 Å². The second kappa shape index (κ2) is 19.9. The van der Waals surface area contributed by atoms with Crippen LogP contribution in [-0.4, -0.2) is 58.1 Å². The first-order valence-electron chi connectivity index (χ1n) is 16.8. The topological polar surface area (TPSA) is 134 Å². The van der Waals surface area contributed by atoms with Gasteiger partial charge in [-0.1, -0.05) is 81.9 Å². The maximum atomic E-state index is 13.6. The van der Waals surface area contributed by atoms with Gasteiger partial charge in [0.25, 0.3) is 11.5 Å². The number of ether oxygens (including phenoxy) is 2. The van der Waals surface area contributed by atoms with Crippen LogP contribution in [0.1, 0.15) is 99.8 Å². The highest BCUT2D eigenvalue weighted by Crippen LogP contribution is 2.35. The van der Waals surface area contributed by atoms with Gasteiger partial charge in [0.15, 0.2) is 11.5 Å². The molecule has 0 bridgehead atoms. The molecule has 2 aromatic rings. The molecule has 1 aromatic heterocycles. The summed E-state index contributed by atoms with van der Waals surface area (Å²) < 4.78 is 12.9. The summed E-state index contributed by atoms with van der Waals surface area (Å²) in [5.41, 5.74) is 1.91. The molecule has 0 atom stereocenters. The van der Waals surface area contributed by atoms with Gasteiger partial charge in [0, 0.05) is 31.6 Å². The highest BCUT2D eigenvalue weighted by Gasteiger charge is 2.32. The lowest BCUT2D eigenvalue weighted by molar-refractivity contribution is -0.137. The average molecular weight is 697 g/mol. The molecule has 1 aromatic carbocycles. The number of anilines is 1. The number of unbranched alkanes of at least 4 members (excludes halogenated alkanes) is 8. The number of thioether (sulfide) groups is 1. The third-order valence-electron chi connectivity index (χ3n) is 8.44. The number of nitrogens with zero attached hydrogens (tertiary/aromatic N) is 3. The van der Waals surface area contributed by atoms with E-state index in [0.717, 1.165) is 69.8 Å². The van der Waals surface area contributed by atoms with Crippen LogP contribution in [0, 0.1) is 18.3 Å². The Morgan fingerprint density at radius 3 is 2.31 bits per heavy atom. The third kappa shape index (κ3) is 10.6. The lowest BCUT2D eigenvalue weighted by Gasteiger charge is -2.20. The van der Waals surface area contributed by atoms with Gasteiger partial charge in [-0.2, -0.15) is 5.26 Å². The number of amides is 1. The Labute approximate surface area is 293 Å². The van der Waals surface area contributed by atoms with E-state index in [4.69, 9.17) is 26.8 Å². The first-order valence-corrected chi connectivity index (χ1v) is 18.0. The Balaban J connectivity index is 1.76. The zero-order chi connectivity index (χ0) is 35.1. The maximum Gasteiger partial charge on any atom is 0.303 e. The van der Waals surface area contributed by atoms with Crippen LogP contribution in [0.5, 0.6) is 11.5 Å². The fraction of sp³-hybridized carbons (Fsp3) is 0.528. The predicted molar refractivity (Wildman–Crippen MR) is 196 cm³/mol. The van der Waals surface area contributed by atoms with Gasteiger partial charge in [-0.15, -0.1) is 0 Å². The second-order valence-electron chi connectivity index (χ2n) is 11.9. The molecule has 12 heteroatoms. The highest BCUT2D eigenvalue weighted by atomic mass is 32.2. The maximum absolute atomic E-state index is 13.6. The number of benzene rings is 1. The van der Waals surface area contributed by atoms with Gasteiger partial charge in [0.2, 0.25) is 0 Å². The molecule has 2 heterocycles. The molecule has 48 heavy (non-hydrogen) atoms. The summed E-state index contributed by atoms with van der Waals surface area (Å²) >= 11 is 6.86. The summed E-state index contributed by atoms with van der Waals surface area (Å²) in [6, 6.07) is 7.85. The molecule has 0 aliphatic carbocycles. The number of nitrogens with one attached hydrogen (secondary N) is 1. The van der Waals surface area contributed by atoms with Gasteiger partial charge in [-0.05, 0) is 61.9 Å². The number of aromatic nitrogens is 1. The molecule has 0 saturated carbocycles. The van der Waals surface area contributed by atoms with Crippen molar-refractivity contribution >= 4 is 52.1 Å². The summed E-state index contributed by atoms with van der Waals surface area (Å²) in [5.74, 6) is 0.962. The minimum Gasteiger partial charge on any atom is -0.493 e. The summed E-state index contributed by atoms with van der Waals surface area (Å²) in [6.45, 7) is 5.27. The number of carboxylic acid groups (broad SMARTS) is 1. The number of carboxylic acids is 1. The molecular weight excluding hydrogens is 649 g/mol. The van der Waals surface area contributed by atoms with Crippen molar-refractivity contribution in [3.05, 3.63) is 55.7 Å². The van der Waals surface area contributed by atoms with Crippen LogP contribution in [0.2, 0.25) is 0 Å². The fourth-order valence-corrected chi connectivity index (χ4v) is 6.97. The molecule has 1 fully saturated rings. The molecule has 3 rings (SSSR count). The fourth-order valence-electron chi connectivity index (χ4n) is 5.68. The van der Waals surface area contributed by atoms with Crippen LogP contribution in [0.25, 0.3) is 6.08 Å². The number of pyridine rings is 1. The molecule has 0 unspecified atom stereocenters. The lowest BCUT2D eigenvalue weighted by atomic mass is 10.0. The number of hydrogen-bond donors (Lipinski definition) is 2. The molecule has 1 amide bonds. The zero-order valence-corrected chi connectivity index (χ0v) is 30.2. The first-order chi connectivity index (χ1) is 23.2. The van der Waals surface area contributed by atoms with Crippen LogP contribution in [-0.2, 0) is 22.6 Å². The van der Waals surface area contributed by atoms with Gasteiger partial charge < -0.3 is 19.9 Å². The quantitative estimate of drug-likeness (QED) is 0.0778.